The third kappa shape index (κ3) is 2.49. The van der Waals surface area contributed by atoms with Gasteiger partial charge < -0.3 is 10.1 Å². The molecule has 0 aromatic carbocycles. The zero-order valence-corrected chi connectivity index (χ0v) is 12.5. The number of hydrogen-bond acceptors (Lipinski definition) is 5. The number of aryl methyl sites for hydroxylation is 1. The van der Waals surface area contributed by atoms with Gasteiger partial charge in [0.2, 0.25) is 5.82 Å². The molecule has 20 heavy (non-hydrogen) atoms. The maximum absolute atomic E-state index is 11.3. The predicted molar refractivity (Wildman–Crippen MR) is 76.0 cm³/mol. The van der Waals surface area contributed by atoms with Crippen LogP contribution in [0.15, 0.2) is 0 Å². The summed E-state index contributed by atoms with van der Waals surface area (Å²) in [6, 6.07) is 0. The molecular formula is C13H22N4O3. The SMILES string of the molecule is COC1(CNc2c([N+](=O)[O-])c(C(C)C)nn2C)CCC1. The van der Waals surface area contributed by atoms with Gasteiger partial charge in [0.15, 0.2) is 0 Å². The summed E-state index contributed by atoms with van der Waals surface area (Å²) in [6.07, 6.45) is 3.11. The van der Waals surface area contributed by atoms with Gasteiger partial charge in [-0.15, -0.1) is 0 Å². The van der Waals surface area contributed by atoms with Crippen molar-refractivity contribution in [2.24, 2.45) is 7.05 Å². The Balaban J connectivity index is 2.24. The third-order valence-electron chi connectivity index (χ3n) is 4.05. The van der Waals surface area contributed by atoms with E-state index in [1.54, 1.807) is 18.8 Å². The molecule has 0 unspecified atom stereocenters. The van der Waals surface area contributed by atoms with Gasteiger partial charge in [0.05, 0.1) is 10.5 Å². The Morgan fingerprint density at radius 2 is 2.20 bits per heavy atom. The Morgan fingerprint density at radius 1 is 1.55 bits per heavy atom. The Bertz CT molecular complexity index is 500. The molecule has 1 saturated carbocycles. The monoisotopic (exact) mass is 282 g/mol. The van der Waals surface area contributed by atoms with Crippen molar-refractivity contribution in [3.8, 4) is 0 Å². The molecule has 7 nitrogen and oxygen atoms in total. The van der Waals surface area contributed by atoms with Crippen LogP contribution >= 0.6 is 0 Å². The number of nitrogens with zero attached hydrogens (tertiary/aromatic N) is 3. The Labute approximate surface area is 118 Å². The molecule has 0 aliphatic heterocycles. The van der Waals surface area contributed by atoms with E-state index in [1.807, 2.05) is 13.8 Å². The minimum atomic E-state index is -0.356. The van der Waals surface area contributed by atoms with Crippen molar-refractivity contribution < 1.29 is 9.66 Å². The molecule has 1 aliphatic carbocycles. The number of methoxy groups -OCH3 is 1. The molecule has 0 saturated heterocycles. The van der Waals surface area contributed by atoms with Crippen LogP contribution in [0.1, 0.15) is 44.7 Å². The number of anilines is 1. The lowest BCUT2D eigenvalue weighted by molar-refractivity contribution is -0.384. The number of aromatic nitrogens is 2. The van der Waals surface area contributed by atoms with E-state index in [-0.39, 0.29) is 22.1 Å². The Hall–Kier alpha value is -1.63. The van der Waals surface area contributed by atoms with Gasteiger partial charge in [-0.3, -0.25) is 10.1 Å². The van der Waals surface area contributed by atoms with E-state index in [2.05, 4.69) is 10.4 Å². The van der Waals surface area contributed by atoms with Crippen LogP contribution < -0.4 is 5.32 Å². The molecule has 112 valence electrons. The standard InChI is InChI=1S/C13H22N4O3/c1-9(2)10-11(17(18)19)12(16(3)15-10)14-8-13(20-4)6-5-7-13/h9,14H,5-8H2,1-4H3. The molecule has 1 N–H and O–H groups in total. The molecule has 0 bridgehead atoms. The molecule has 7 heteroatoms. The van der Waals surface area contributed by atoms with Crippen molar-refractivity contribution in [3.63, 3.8) is 0 Å². The zero-order chi connectivity index (χ0) is 14.9. The van der Waals surface area contributed by atoms with Gasteiger partial charge >= 0.3 is 5.69 Å². The van der Waals surface area contributed by atoms with E-state index in [0.29, 0.717) is 18.1 Å². The van der Waals surface area contributed by atoms with E-state index in [9.17, 15) is 10.1 Å². The molecule has 1 aromatic rings. The first-order valence-corrected chi connectivity index (χ1v) is 6.90. The topological polar surface area (TPSA) is 82.2 Å². The highest BCUT2D eigenvalue weighted by Gasteiger charge is 2.38. The van der Waals surface area contributed by atoms with Crippen LogP contribution in [0, 0.1) is 10.1 Å². The molecule has 1 heterocycles. The number of nitro groups is 1. The molecule has 1 aromatic heterocycles. The highest BCUT2D eigenvalue weighted by atomic mass is 16.6. The molecule has 2 rings (SSSR count). The minimum Gasteiger partial charge on any atom is -0.376 e. The normalized spacial score (nSPS) is 17.1. The lowest BCUT2D eigenvalue weighted by Crippen LogP contribution is -2.45. The van der Waals surface area contributed by atoms with Crippen LogP contribution in [0.2, 0.25) is 0 Å². The second kappa shape index (κ2) is 5.40. The molecule has 1 fully saturated rings. The highest BCUT2D eigenvalue weighted by Crippen LogP contribution is 2.37. The van der Waals surface area contributed by atoms with E-state index in [0.717, 1.165) is 19.3 Å². The van der Waals surface area contributed by atoms with Crippen molar-refractivity contribution in [2.75, 3.05) is 19.0 Å². The maximum Gasteiger partial charge on any atom is 0.334 e. The van der Waals surface area contributed by atoms with Gasteiger partial charge in [0.1, 0.15) is 5.69 Å². The van der Waals surface area contributed by atoms with Gasteiger partial charge in [-0.1, -0.05) is 13.8 Å². The van der Waals surface area contributed by atoms with Crippen LogP contribution in [0.3, 0.4) is 0 Å². The molecule has 0 radical (unpaired) electrons. The van der Waals surface area contributed by atoms with E-state index in [1.165, 1.54) is 0 Å². The van der Waals surface area contributed by atoms with Crippen LogP contribution in [0.25, 0.3) is 0 Å². The van der Waals surface area contributed by atoms with Crippen LogP contribution in [0.4, 0.5) is 11.5 Å². The summed E-state index contributed by atoms with van der Waals surface area (Å²) in [5, 5.41) is 18.8. The minimum absolute atomic E-state index is 0.0113. The van der Waals surface area contributed by atoms with Crippen LogP contribution in [-0.4, -0.2) is 34.0 Å². The summed E-state index contributed by atoms with van der Waals surface area (Å²) < 4.78 is 7.08. The van der Waals surface area contributed by atoms with Gasteiger partial charge in [0.25, 0.3) is 0 Å². The van der Waals surface area contributed by atoms with Gasteiger partial charge in [-0.2, -0.15) is 5.10 Å². The summed E-state index contributed by atoms with van der Waals surface area (Å²) in [4.78, 5) is 11.0. The molecule has 0 spiro atoms. The Morgan fingerprint density at radius 3 is 2.60 bits per heavy atom. The summed E-state index contributed by atoms with van der Waals surface area (Å²) in [6.45, 7) is 4.38. The molecule has 0 atom stereocenters. The smallest absolute Gasteiger partial charge is 0.334 e. The fraction of sp³-hybridized carbons (Fsp3) is 0.769. The number of hydrogen-bond donors (Lipinski definition) is 1. The van der Waals surface area contributed by atoms with Crippen molar-refractivity contribution in [1.82, 2.24) is 9.78 Å². The van der Waals surface area contributed by atoms with E-state index in [4.69, 9.17) is 4.74 Å². The maximum atomic E-state index is 11.3. The largest absolute Gasteiger partial charge is 0.376 e. The molecular weight excluding hydrogens is 260 g/mol. The zero-order valence-electron chi connectivity index (χ0n) is 12.5. The summed E-state index contributed by atoms with van der Waals surface area (Å²) in [5.74, 6) is 0.472. The predicted octanol–water partition coefficient (Wildman–Crippen LogP) is 2.43. The van der Waals surface area contributed by atoms with E-state index < -0.39 is 0 Å². The summed E-state index contributed by atoms with van der Waals surface area (Å²) >= 11 is 0. The quantitative estimate of drug-likeness (QED) is 0.640. The fourth-order valence-electron chi connectivity index (χ4n) is 2.57. The number of nitrogens with one attached hydrogen (secondary N) is 1. The van der Waals surface area contributed by atoms with E-state index >= 15 is 0 Å². The average molecular weight is 282 g/mol. The molecule has 0 amide bonds. The van der Waals surface area contributed by atoms with Crippen LogP contribution in [0.5, 0.6) is 0 Å². The summed E-state index contributed by atoms with van der Waals surface area (Å²) in [5.41, 5.74) is 0.406. The molecule has 1 aliphatic rings. The van der Waals surface area contributed by atoms with Crippen molar-refractivity contribution in [2.45, 2.75) is 44.6 Å². The first-order valence-electron chi connectivity index (χ1n) is 6.90. The average Bonchev–Trinajstić information content (AvgIpc) is 2.66. The van der Waals surface area contributed by atoms with Crippen molar-refractivity contribution in [1.29, 1.82) is 0 Å². The van der Waals surface area contributed by atoms with Crippen LogP contribution in [-0.2, 0) is 11.8 Å². The first-order chi connectivity index (χ1) is 9.40. The number of ether oxygens (including phenoxy) is 1. The second-order valence-corrected chi connectivity index (χ2v) is 5.71. The number of rotatable bonds is 6. The Kier molecular flexibility index (Phi) is 3.99. The van der Waals surface area contributed by atoms with Crippen molar-refractivity contribution in [3.05, 3.63) is 15.8 Å². The second-order valence-electron chi connectivity index (χ2n) is 5.71. The van der Waals surface area contributed by atoms with Gasteiger partial charge in [-0.25, -0.2) is 4.68 Å². The lowest BCUT2D eigenvalue weighted by atomic mass is 9.80. The van der Waals surface area contributed by atoms with Crippen molar-refractivity contribution >= 4 is 11.5 Å². The lowest BCUT2D eigenvalue weighted by Gasteiger charge is -2.40. The summed E-state index contributed by atoms with van der Waals surface area (Å²) in [7, 11) is 3.42. The third-order valence-corrected chi connectivity index (χ3v) is 4.05. The first kappa shape index (κ1) is 14.8. The van der Waals surface area contributed by atoms with Gasteiger partial charge in [0, 0.05) is 26.6 Å². The fourth-order valence-corrected chi connectivity index (χ4v) is 2.57. The highest BCUT2D eigenvalue weighted by molar-refractivity contribution is 5.60. The van der Waals surface area contributed by atoms with Gasteiger partial charge in [-0.05, 0) is 19.3 Å².